The van der Waals surface area contributed by atoms with Crippen molar-refractivity contribution in [2.24, 2.45) is 17.8 Å². The van der Waals surface area contributed by atoms with Crippen LogP contribution in [-0.4, -0.2) is 168 Å². The number of cyclic esters (lactones) is 1. The molecule has 0 aromatic rings. The number of esters is 1. The first-order valence-corrected chi connectivity index (χ1v) is 19.5. The van der Waals surface area contributed by atoms with E-state index in [1.807, 2.05) is 58.6 Å². The zero-order chi connectivity index (χ0) is 40.4. The number of aliphatic hydroxyl groups is 4. The first-order valence-electron chi connectivity index (χ1n) is 19.5. The third-order valence-electron chi connectivity index (χ3n) is 12.7. The number of hydrogen-bond donors (Lipinski definition) is 4. The Kier molecular flexibility index (Phi) is 16.2. The van der Waals surface area contributed by atoms with E-state index in [0.717, 1.165) is 0 Å². The van der Waals surface area contributed by atoms with Gasteiger partial charge in [0.25, 0.3) is 0 Å². The number of carbonyl (C=O) groups excluding carboxylic acids is 1. The molecule has 3 fully saturated rings. The second-order valence-corrected chi connectivity index (χ2v) is 17.3. The van der Waals surface area contributed by atoms with Crippen LogP contribution < -0.4 is 0 Å². The highest BCUT2D eigenvalue weighted by Crippen LogP contribution is 2.41. The Morgan fingerprint density at radius 3 is 2.06 bits per heavy atom. The lowest BCUT2D eigenvalue weighted by Crippen LogP contribution is -2.61. The monoisotopic (exact) mass is 763 g/mol. The first kappa shape index (κ1) is 46.4. The lowest BCUT2D eigenvalue weighted by atomic mass is 9.77. The summed E-state index contributed by atoms with van der Waals surface area (Å²) in [6, 6.07) is -0.727. The van der Waals surface area contributed by atoms with Crippen molar-refractivity contribution in [2.45, 2.75) is 185 Å². The van der Waals surface area contributed by atoms with Crippen molar-refractivity contribution in [3.63, 3.8) is 0 Å². The minimum Gasteiger partial charge on any atom is -0.459 e. The Bertz CT molecular complexity index is 1160. The highest BCUT2D eigenvalue weighted by Gasteiger charge is 2.53. The molecule has 53 heavy (non-hydrogen) atoms. The second kappa shape index (κ2) is 18.5. The minimum absolute atomic E-state index is 0.0123. The Morgan fingerprint density at radius 1 is 0.906 bits per heavy atom. The van der Waals surface area contributed by atoms with E-state index in [-0.39, 0.29) is 30.9 Å². The number of nitrogens with zero attached hydrogens (tertiary/aromatic N) is 2. The second-order valence-electron chi connectivity index (χ2n) is 17.3. The Labute approximate surface area is 318 Å². The van der Waals surface area contributed by atoms with E-state index < -0.39 is 96.0 Å². The van der Waals surface area contributed by atoms with Crippen LogP contribution in [0.1, 0.15) is 94.9 Å². The van der Waals surface area contributed by atoms with Crippen molar-refractivity contribution in [1.29, 1.82) is 0 Å². The van der Waals surface area contributed by atoms with E-state index in [0.29, 0.717) is 19.4 Å². The fraction of sp³-hybridized carbons (Fsp3) is 0.974. The fourth-order valence-corrected chi connectivity index (χ4v) is 8.91. The Morgan fingerprint density at radius 2 is 1.51 bits per heavy atom. The third-order valence-corrected chi connectivity index (χ3v) is 12.7. The van der Waals surface area contributed by atoms with Crippen molar-refractivity contribution in [3.05, 3.63) is 0 Å². The molecule has 3 saturated heterocycles. The van der Waals surface area contributed by atoms with Crippen LogP contribution in [-0.2, 0) is 38.0 Å². The molecule has 18 atom stereocenters. The lowest BCUT2D eigenvalue weighted by molar-refractivity contribution is -0.319. The van der Waals surface area contributed by atoms with Gasteiger partial charge in [-0.15, -0.1) is 0 Å². The summed E-state index contributed by atoms with van der Waals surface area (Å²) in [5, 5.41) is 45.9. The van der Waals surface area contributed by atoms with Crippen LogP contribution in [0, 0.1) is 17.8 Å². The van der Waals surface area contributed by atoms with Gasteiger partial charge in [0, 0.05) is 45.2 Å². The Balaban J connectivity index is 2.21. The van der Waals surface area contributed by atoms with Crippen molar-refractivity contribution in [1.82, 2.24) is 9.80 Å². The van der Waals surface area contributed by atoms with Crippen LogP contribution in [0.5, 0.6) is 0 Å². The lowest BCUT2D eigenvalue weighted by Gasteiger charge is -2.49. The third kappa shape index (κ3) is 10.3. The largest absolute Gasteiger partial charge is 0.459 e. The predicted octanol–water partition coefficient (Wildman–Crippen LogP) is 2.55. The van der Waals surface area contributed by atoms with Gasteiger partial charge in [0.05, 0.1) is 41.5 Å². The molecule has 0 spiro atoms. The van der Waals surface area contributed by atoms with Crippen LogP contribution in [0.3, 0.4) is 0 Å². The van der Waals surface area contributed by atoms with Gasteiger partial charge < -0.3 is 63.4 Å². The molecule has 312 valence electrons. The summed E-state index contributed by atoms with van der Waals surface area (Å²) in [6.07, 6.45) is -7.22. The molecule has 3 heterocycles. The molecule has 3 aliphatic rings. The maximum Gasteiger partial charge on any atom is 0.311 e. The molecule has 14 heteroatoms. The molecule has 0 aromatic carbocycles. The normalized spacial score (nSPS) is 48.9. The molecule has 0 radical (unpaired) electrons. The van der Waals surface area contributed by atoms with E-state index in [1.54, 1.807) is 34.8 Å². The van der Waals surface area contributed by atoms with E-state index in [2.05, 4.69) is 6.92 Å². The summed E-state index contributed by atoms with van der Waals surface area (Å²) in [5.74, 6) is -2.22. The van der Waals surface area contributed by atoms with E-state index in [1.165, 1.54) is 14.0 Å². The van der Waals surface area contributed by atoms with Gasteiger partial charge in [-0.05, 0) is 94.8 Å². The average molecular weight is 763 g/mol. The number of likely N-dealkylation sites (N-methyl/N-ethyl adjacent to an activating group) is 2. The van der Waals surface area contributed by atoms with Gasteiger partial charge in [0.2, 0.25) is 0 Å². The summed E-state index contributed by atoms with van der Waals surface area (Å²) in [5.41, 5.74) is -3.79. The zero-order valence-corrected chi connectivity index (χ0v) is 35.1. The zero-order valence-electron chi connectivity index (χ0n) is 35.1. The van der Waals surface area contributed by atoms with Crippen LogP contribution >= 0.6 is 0 Å². The van der Waals surface area contributed by atoms with Gasteiger partial charge in [0.15, 0.2) is 12.6 Å². The van der Waals surface area contributed by atoms with Crippen molar-refractivity contribution in [2.75, 3.05) is 41.9 Å². The summed E-state index contributed by atoms with van der Waals surface area (Å²) in [4.78, 5) is 18.3. The molecule has 3 aliphatic heterocycles. The molecule has 14 nitrogen and oxygen atoms in total. The van der Waals surface area contributed by atoms with E-state index in [9.17, 15) is 25.2 Å². The van der Waals surface area contributed by atoms with Gasteiger partial charge in [-0.3, -0.25) is 4.79 Å². The van der Waals surface area contributed by atoms with Crippen molar-refractivity contribution >= 4 is 5.97 Å². The van der Waals surface area contributed by atoms with Gasteiger partial charge in [-0.2, -0.15) is 0 Å². The number of rotatable bonds is 8. The number of carbonyl (C=O) groups is 1. The minimum atomic E-state index is -1.78. The molecular weight excluding hydrogens is 688 g/mol. The Hall–Kier alpha value is -1.01. The highest BCUT2D eigenvalue weighted by molar-refractivity contribution is 5.73. The van der Waals surface area contributed by atoms with Crippen LogP contribution in [0.2, 0.25) is 0 Å². The summed E-state index contributed by atoms with van der Waals surface area (Å²) in [6.45, 7) is 18.8. The summed E-state index contributed by atoms with van der Waals surface area (Å²) < 4.78 is 44.5. The smallest absolute Gasteiger partial charge is 0.311 e. The fourth-order valence-electron chi connectivity index (χ4n) is 8.91. The quantitative estimate of drug-likeness (QED) is 0.266. The maximum atomic E-state index is 14.3. The first-order chi connectivity index (χ1) is 24.5. The van der Waals surface area contributed by atoms with Crippen LogP contribution in [0.4, 0.5) is 0 Å². The van der Waals surface area contributed by atoms with Gasteiger partial charge in [-0.1, -0.05) is 20.8 Å². The average Bonchev–Trinajstić information content (AvgIpc) is 3.09. The summed E-state index contributed by atoms with van der Waals surface area (Å²) in [7, 11) is 8.87. The predicted molar refractivity (Wildman–Crippen MR) is 199 cm³/mol. The van der Waals surface area contributed by atoms with Crippen molar-refractivity contribution in [3.8, 4) is 0 Å². The van der Waals surface area contributed by atoms with Gasteiger partial charge in [-0.25, -0.2) is 0 Å². The maximum absolute atomic E-state index is 14.3. The van der Waals surface area contributed by atoms with E-state index in [4.69, 9.17) is 33.2 Å². The molecule has 0 bridgehead atoms. The molecule has 0 saturated carbocycles. The molecular formula is C39H74N2O12. The van der Waals surface area contributed by atoms with Crippen LogP contribution in [0.15, 0.2) is 0 Å². The topological polar surface area (TPSA) is 169 Å². The molecule has 0 aromatic heterocycles. The van der Waals surface area contributed by atoms with E-state index >= 15 is 0 Å². The van der Waals surface area contributed by atoms with Gasteiger partial charge >= 0.3 is 5.97 Å². The summed E-state index contributed by atoms with van der Waals surface area (Å²) >= 11 is 0. The highest BCUT2D eigenvalue weighted by atomic mass is 16.7. The number of hydrogen-bond acceptors (Lipinski definition) is 14. The number of aliphatic hydroxyl groups excluding tert-OH is 3. The molecule has 4 N–H and O–H groups in total. The molecule has 1 unspecified atom stereocenters. The molecule has 0 amide bonds. The standard InChI is InChI=1S/C39H74N2O12/c1-16-28-39(10,46)32(43)25(6)41(13)20-21(2)18-38(9,48-15)34(53-36-30(42)27(40(11)12)17-22(3)49-36)23(4)31(24(5)35(45)51-28)52-29-19-37(8,47-14)33(44)26(7)50-29/h21-34,36,42-44,46H,16-20H2,1-15H3/t21-,22-,23+,24-,25-,26+,27+,28?,29+,30-,31+,32-,33+,34-,36+,37-,38-,39-/m1/s1. The molecule has 0 aliphatic carbocycles. The van der Waals surface area contributed by atoms with Crippen molar-refractivity contribution < 1.29 is 58.4 Å². The van der Waals surface area contributed by atoms with Crippen LogP contribution in [0.25, 0.3) is 0 Å². The van der Waals surface area contributed by atoms with Gasteiger partial charge in [0.1, 0.15) is 30.0 Å². The number of ether oxygens (including phenoxy) is 7. The number of methoxy groups -OCH3 is 2. The molecule has 3 rings (SSSR count). The SMILES string of the molecule is CCC1OC(=O)[C@H](C)[C@@H](O[C@H]2C[C@@](C)(OC)[C@@H](O)[C@H](C)O2)[C@H](C)[C@@H](O[C@@H]2O[C@H](C)C[C@H](N(C)C)[C@H]2O)[C@](C)(OC)C[C@@H](C)CN(C)[C@H](C)[C@@H](O)[C@]1(C)O.